The molecule has 0 bridgehead atoms. The molecule has 0 spiro atoms. The molecule has 88 valence electrons. The highest BCUT2D eigenvalue weighted by atomic mass is 35.5. The van der Waals surface area contributed by atoms with E-state index in [2.05, 4.69) is 10.4 Å². The molecular formula is C11H16ClN3O. The number of hydrogen-bond donors (Lipinski definition) is 1. The Kier molecular flexibility index (Phi) is 3.49. The van der Waals surface area contributed by atoms with Crippen LogP contribution in [0.1, 0.15) is 36.4 Å². The molecule has 16 heavy (non-hydrogen) atoms. The van der Waals surface area contributed by atoms with E-state index in [1.807, 2.05) is 17.9 Å². The summed E-state index contributed by atoms with van der Waals surface area (Å²) < 4.78 is 1.84. The van der Waals surface area contributed by atoms with E-state index >= 15 is 0 Å². The molecule has 4 nitrogen and oxygen atoms in total. The van der Waals surface area contributed by atoms with Crippen LogP contribution < -0.4 is 5.32 Å². The minimum atomic E-state index is -0.137. The van der Waals surface area contributed by atoms with E-state index in [0.717, 1.165) is 5.69 Å². The van der Waals surface area contributed by atoms with E-state index in [1.54, 1.807) is 0 Å². The summed E-state index contributed by atoms with van der Waals surface area (Å²) in [5.74, 6) is 0.510. The van der Waals surface area contributed by atoms with Crippen molar-refractivity contribution in [1.82, 2.24) is 15.1 Å². The minimum Gasteiger partial charge on any atom is -0.349 e. The van der Waals surface area contributed by atoms with E-state index in [1.165, 1.54) is 24.8 Å². The van der Waals surface area contributed by atoms with Gasteiger partial charge in [-0.05, 0) is 24.3 Å². The second-order valence-electron chi connectivity index (χ2n) is 4.21. The van der Waals surface area contributed by atoms with Crippen LogP contribution in [0.25, 0.3) is 0 Å². The van der Waals surface area contributed by atoms with Gasteiger partial charge in [-0.25, -0.2) is 0 Å². The average molecular weight is 242 g/mol. The first-order valence-electron chi connectivity index (χ1n) is 5.55. The second-order valence-corrected chi connectivity index (χ2v) is 4.48. The Morgan fingerprint density at radius 1 is 1.69 bits per heavy atom. The predicted octanol–water partition coefficient (Wildman–Crippen LogP) is 1.54. The van der Waals surface area contributed by atoms with Gasteiger partial charge in [0.05, 0.1) is 18.4 Å². The van der Waals surface area contributed by atoms with Crippen molar-refractivity contribution in [3.63, 3.8) is 0 Å². The van der Waals surface area contributed by atoms with Crippen LogP contribution in [0.15, 0.2) is 6.20 Å². The van der Waals surface area contributed by atoms with Gasteiger partial charge in [0.2, 0.25) is 5.91 Å². The fourth-order valence-electron chi connectivity index (χ4n) is 1.99. The Morgan fingerprint density at radius 3 is 3.00 bits per heavy atom. The third kappa shape index (κ3) is 2.21. The molecule has 1 amide bonds. The maximum Gasteiger partial charge on any atom is 0.235 e. The van der Waals surface area contributed by atoms with Crippen molar-refractivity contribution < 1.29 is 4.79 Å². The van der Waals surface area contributed by atoms with Crippen LogP contribution in [-0.4, -0.2) is 21.6 Å². The summed E-state index contributed by atoms with van der Waals surface area (Å²) in [6.45, 7) is 0.522. The first-order valence-corrected chi connectivity index (χ1v) is 6.09. The number of nitrogens with zero attached hydrogens (tertiary/aromatic N) is 2. The lowest BCUT2D eigenvalue weighted by molar-refractivity contribution is -0.118. The zero-order valence-corrected chi connectivity index (χ0v) is 10.1. The molecule has 1 N–H and O–H groups in total. The number of nitrogens with one attached hydrogen (secondary N) is 1. The normalized spacial score (nSPS) is 15.9. The number of alkyl halides is 1. The molecule has 1 aliphatic rings. The molecule has 1 fully saturated rings. The molecule has 0 aromatic carbocycles. The van der Waals surface area contributed by atoms with Crippen LogP contribution in [0, 0.1) is 0 Å². The quantitative estimate of drug-likeness (QED) is 0.813. The molecule has 0 saturated heterocycles. The van der Waals surface area contributed by atoms with E-state index in [0.29, 0.717) is 12.5 Å². The van der Waals surface area contributed by atoms with Crippen LogP contribution in [0.2, 0.25) is 0 Å². The lowest BCUT2D eigenvalue weighted by Crippen LogP contribution is -2.26. The molecule has 0 unspecified atom stereocenters. The maximum atomic E-state index is 11.1. The lowest BCUT2D eigenvalue weighted by Gasteiger charge is -2.25. The zero-order valence-electron chi connectivity index (χ0n) is 9.37. The summed E-state index contributed by atoms with van der Waals surface area (Å²) in [7, 11) is 1.91. The molecule has 1 saturated carbocycles. The average Bonchev–Trinajstić information content (AvgIpc) is 2.55. The second kappa shape index (κ2) is 4.87. The molecule has 1 aromatic heterocycles. The van der Waals surface area contributed by atoms with E-state index in [-0.39, 0.29) is 11.8 Å². The van der Waals surface area contributed by atoms with Gasteiger partial charge >= 0.3 is 0 Å². The minimum absolute atomic E-state index is 0.0105. The number of rotatable bonds is 4. The number of amides is 1. The Balaban J connectivity index is 2.06. The topological polar surface area (TPSA) is 46.9 Å². The molecule has 0 radical (unpaired) electrons. The summed E-state index contributed by atoms with van der Waals surface area (Å²) in [5, 5.41) is 7.04. The highest BCUT2D eigenvalue weighted by molar-refractivity contribution is 6.27. The van der Waals surface area contributed by atoms with Gasteiger partial charge in [0.25, 0.3) is 0 Å². The Bertz CT molecular complexity index is 385. The number of carbonyl (C=O) groups is 1. The Hall–Kier alpha value is -1.03. The largest absolute Gasteiger partial charge is 0.349 e. The highest BCUT2D eigenvalue weighted by Gasteiger charge is 2.24. The third-order valence-corrected chi connectivity index (χ3v) is 3.46. The van der Waals surface area contributed by atoms with Crippen molar-refractivity contribution in [2.24, 2.45) is 7.05 Å². The smallest absolute Gasteiger partial charge is 0.235 e. The summed E-state index contributed by atoms with van der Waals surface area (Å²) >= 11 is 5.44. The van der Waals surface area contributed by atoms with Gasteiger partial charge < -0.3 is 5.32 Å². The van der Waals surface area contributed by atoms with E-state index in [4.69, 9.17) is 11.6 Å². The molecule has 2 rings (SSSR count). The van der Waals surface area contributed by atoms with Gasteiger partial charge in [-0.15, -0.1) is 11.6 Å². The zero-order chi connectivity index (χ0) is 11.5. The number of aryl methyl sites for hydroxylation is 1. The van der Waals surface area contributed by atoms with Crippen molar-refractivity contribution in [1.29, 1.82) is 0 Å². The van der Waals surface area contributed by atoms with Crippen molar-refractivity contribution in [3.05, 3.63) is 17.5 Å². The van der Waals surface area contributed by atoms with Crippen LogP contribution >= 0.6 is 11.6 Å². The van der Waals surface area contributed by atoms with Gasteiger partial charge in [0.15, 0.2) is 0 Å². The van der Waals surface area contributed by atoms with Gasteiger partial charge in [-0.2, -0.15) is 5.10 Å². The first kappa shape index (κ1) is 11.5. The third-order valence-electron chi connectivity index (χ3n) is 3.21. The van der Waals surface area contributed by atoms with Gasteiger partial charge in [-0.1, -0.05) is 6.42 Å². The number of hydrogen-bond acceptors (Lipinski definition) is 2. The molecule has 0 aliphatic heterocycles. The summed E-state index contributed by atoms with van der Waals surface area (Å²) in [6.07, 6.45) is 5.70. The SMILES string of the molecule is Cn1ncc(C2CCC2)c1CNC(=O)CCl. The standard InChI is InChI=1S/C11H16ClN3O/c1-15-10(7-13-11(16)5-12)9(6-14-15)8-3-2-4-8/h6,8H,2-5,7H2,1H3,(H,13,16). The summed E-state index contributed by atoms with van der Waals surface area (Å²) in [5.41, 5.74) is 2.38. The summed E-state index contributed by atoms with van der Waals surface area (Å²) in [6, 6.07) is 0. The van der Waals surface area contributed by atoms with Crippen molar-refractivity contribution in [3.8, 4) is 0 Å². The van der Waals surface area contributed by atoms with E-state index < -0.39 is 0 Å². The number of aromatic nitrogens is 2. The molecule has 0 atom stereocenters. The predicted molar refractivity (Wildman–Crippen MR) is 62.4 cm³/mol. The fraction of sp³-hybridized carbons (Fsp3) is 0.636. The molecule has 1 aromatic rings. The van der Waals surface area contributed by atoms with Crippen molar-refractivity contribution in [2.75, 3.05) is 5.88 Å². The van der Waals surface area contributed by atoms with Gasteiger partial charge in [0.1, 0.15) is 5.88 Å². The van der Waals surface area contributed by atoms with Gasteiger partial charge in [0, 0.05) is 7.05 Å². The molecule has 1 aliphatic carbocycles. The first-order chi connectivity index (χ1) is 7.72. The van der Waals surface area contributed by atoms with Gasteiger partial charge in [-0.3, -0.25) is 9.48 Å². The number of carbonyl (C=O) groups excluding carboxylic acids is 1. The van der Waals surface area contributed by atoms with Crippen LogP contribution in [-0.2, 0) is 18.4 Å². The molecule has 5 heteroatoms. The Labute approximate surface area is 100.0 Å². The molecular weight excluding hydrogens is 226 g/mol. The van der Waals surface area contributed by atoms with Crippen molar-refractivity contribution in [2.45, 2.75) is 31.7 Å². The van der Waals surface area contributed by atoms with Crippen LogP contribution in [0.3, 0.4) is 0 Å². The Morgan fingerprint density at radius 2 is 2.44 bits per heavy atom. The van der Waals surface area contributed by atoms with Crippen molar-refractivity contribution >= 4 is 17.5 Å². The maximum absolute atomic E-state index is 11.1. The monoisotopic (exact) mass is 241 g/mol. The van der Waals surface area contributed by atoms with Crippen LogP contribution in [0.4, 0.5) is 0 Å². The summed E-state index contributed by atoms with van der Waals surface area (Å²) in [4.78, 5) is 11.1. The molecule has 1 heterocycles. The number of halogens is 1. The highest BCUT2D eigenvalue weighted by Crippen LogP contribution is 2.37. The van der Waals surface area contributed by atoms with E-state index in [9.17, 15) is 4.79 Å². The van der Waals surface area contributed by atoms with Crippen LogP contribution in [0.5, 0.6) is 0 Å². The fourth-order valence-corrected chi connectivity index (χ4v) is 2.08. The lowest BCUT2D eigenvalue weighted by atomic mass is 9.80.